The third kappa shape index (κ3) is 7.03. The fourth-order valence-electron chi connectivity index (χ4n) is 4.18. The van der Waals surface area contributed by atoms with Crippen LogP contribution in [0.1, 0.15) is 59.9 Å². The van der Waals surface area contributed by atoms with E-state index in [1.807, 2.05) is 13.8 Å². The summed E-state index contributed by atoms with van der Waals surface area (Å²) >= 11 is 1.15. The van der Waals surface area contributed by atoms with E-state index in [1.165, 1.54) is 25.6 Å². The number of anilines is 1. The average Bonchev–Trinajstić information content (AvgIpc) is 3.72. The Morgan fingerprint density at radius 3 is 2.63 bits per heavy atom. The van der Waals surface area contributed by atoms with Crippen molar-refractivity contribution >= 4 is 22.4 Å². The highest BCUT2D eigenvalue weighted by Gasteiger charge is 2.26. The van der Waals surface area contributed by atoms with E-state index in [0.717, 1.165) is 37.3 Å². The van der Waals surface area contributed by atoms with Crippen molar-refractivity contribution in [1.82, 2.24) is 25.1 Å². The highest BCUT2D eigenvalue weighted by molar-refractivity contribution is 7.15. The van der Waals surface area contributed by atoms with Gasteiger partial charge in [-0.15, -0.1) is 10.2 Å². The van der Waals surface area contributed by atoms with E-state index in [9.17, 15) is 13.6 Å². The molecule has 1 saturated carbocycles. The summed E-state index contributed by atoms with van der Waals surface area (Å²) in [5, 5.41) is 11.5. The largest absolute Gasteiger partial charge is 0.494 e. The lowest BCUT2D eigenvalue weighted by atomic mass is 9.98. The van der Waals surface area contributed by atoms with Crippen LogP contribution in [-0.4, -0.2) is 69.9 Å². The first-order valence-electron chi connectivity index (χ1n) is 13.1. The summed E-state index contributed by atoms with van der Waals surface area (Å²) in [6.07, 6.45) is 1.93. The Labute approximate surface area is 240 Å². The van der Waals surface area contributed by atoms with Crippen LogP contribution in [0.5, 0.6) is 5.75 Å². The standard InChI is InChI=1S/C29H28F2N6O3S/c1-29(2,37-10-12-40-13-11-37)9-8-19-14-20(21-15-23(26(30)31)33-17-24(21)39-3)22(16-32-19)27(38)34-28-36-35-25(41-28)7-6-18-4-5-18/h14-18,26H,4-5,10-13H2,1-3H3,(H,34,36,38). The minimum Gasteiger partial charge on any atom is -0.494 e. The van der Waals surface area contributed by atoms with Crippen molar-refractivity contribution in [1.29, 1.82) is 0 Å². The Morgan fingerprint density at radius 1 is 1.15 bits per heavy atom. The van der Waals surface area contributed by atoms with Crippen LogP contribution in [-0.2, 0) is 4.74 Å². The molecule has 0 aromatic carbocycles. The molecule has 1 amide bonds. The number of carbonyl (C=O) groups excluding carboxylic acids is 1. The van der Waals surface area contributed by atoms with Gasteiger partial charge in [0.25, 0.3) is 12.3 Å². The van der Waals surface area contributed by atoms with Gasteiger partial charge in [-0.05, 0) is 50.7 Å². The number of nitrogens with zero attached hydrogens (tertiary/aromatic N) is 5. The van der Waals surface area contributed by atoms with Gasteiger partial charge in [0.2, 0.25) is 5.13 Å². The van der Waals surface area contributed by atoms with E-state index < -0.39 is 23.6 Å². The van der Waals surface area contributed by atoms with Crippen LogP contribution in [0.4, 0.5) is 13.9 Å². The SMILES string of the molecule is COc1cnc(C(F)F)cc1-c1cc(C#CC(C)(C)N2CCOCC2)ncc1C(=O)Nc1nnc(C#CC2CC2)s1. The van der Waals surface area contributed by atoms with Crippen LogP contribution in [0.2, 0.25) is 0 Å². The van der Waals surface area contributed by atoms with Crippen molar-refractivity contribution in [3.05, 3.63) is 46.5 Å². The molecule has 1 aliphatic carbocycles. The molecule has 1 aliphatic heterocycles. The summed E-state index contributed by atoms with van der Waals surface area (Å²) in [6, 6.07) is 2.80. The molecule has 3 aromatic rings. The van der Waals surface area contributed by atoms with Gasteiger partial charge in [-0.3, -0.25) is 20.0 Å². The first kappa shape index (κ1) is 28.6. The maximum absolute atomic E-state index is 13.6. The molecule has 0 unspecified atom stereocenters. The maximum atomic E-state index is 13.6. The van der Waals surface area contributed by atoms with E-state index in [1.54, 1.807) is 6.07 Å². The first-order valence-corrected chi connectivity index (χ1v) is 13.9. The second kappa shape index (κ2) is 12.3. The quantitative estimate of drug-likeness (QED) is 0.429. The number of ether oxygens (including phenoxy) is 2. The van der Waals surface area contributed by atoms with E-state index >= 15 is 0 Å². The summed E-state index contributed by atoms with van der Waals surface area (Å²) < 4.78 is 38.1. The minimum absolute atomic E-state index is 0.119. The zero-order valence-electron chi connectivity index (χ0n) is 22.8. The Morgan fingerprint density at radius 2 is 1.93 bits per heavy atom. The average molecular weight is 579 g/mol. The normalized spacial score (nSPS) is 15.5. The molecular weight excluding hydrogens is 550 g/mol. The number of hydrogen-bond acceptors (Lipinski definition) is 9. The maximum Gasteiger partial charge on any atom is 0.280 e. The Balaban J connectivity index is 1.50. The van der Waals surface area contributed by atoms with Crippen molar-refractivity contribution in [3.8, 4) is 40.6 Å². The van der Waals surface area contributed by atoms with Crippen LogP contribution >= 0.6 is 11.3 Å². The fraction of sp³-hybridized carbons (Fsp3) is 0.414. The highest BCUT2D eigenvalue weighted by Crippen LogP contribution is 2.35. The predicted octanol–water partition coefficient (Wildman–Crippen LogP) is 4.42. The van der Waals surface area contributed by atoms with Crippen LogP contribution in [0.25, 0.3) is 11.1 Å². The van der Waals surface area contributed by atoms with Crippen LogP contribution in [0, 0.1) is 29.6 Å². The Kier molecular flexibility index (Phi) is 8.54. The highest BCUT2D eigenvalue weighted by atomic mass is 32.1. The molecule has 2 fully saturated rings. The van der Waals surface area contributed by atoms with Gasteiger partial charge in [-0.1, -0.05) is 23.2 Å². The number of halogens is 2. The zero-order valence-corrected chi connectivity index (χ0v) is 23.6. The lowest BCUT2D eigenvalue weighted by Crippen LogP contribution is -2.49. The number of morpholine rings is 1. The van der Waals surface area contributed by atoms with Crippen molar-refractivity contribution in [2.75, 3.05) is 38.7 Å². The molecule has 2 aliphatic rings. The van der Waals surface area contributed by atoms with Gasteiger partial charge < -0.3 is 9.47 Å². The van der Waals surface area contributed by atoms with Crippen LogP contribution < -0.4 is 10.1 Å². The molecule has 1 N–H and O–H groups in total. The number of hydrogen-bond donors (Lipinski definition) is 1. The molecule has 1 saturated heterocycles. The van der Waals surface area contributed by atoms with Gasteiger partial charge in [0.05, 0.1) is 37.6 Å². The topological polar surface area (TPSA) is 102 Å². The van der Waals surface area contributed by atoms with Gasteiger partial charge in [-0.25, -0.2) is 13.8 Å². The monoisotopic (exact) mass is 578 g/mol. The molecule has 0 atom stereocenters. The molecule has 9 nitrogen and oxygen atoms in total. The van der Waals surface area contributed by atoms with E-state index in [0.29, 0.717) is 35.4 Å². The van der Waals surface area contributed by atoms with Crippen LogP contribution in [0.3, 0.4) is 0 Å². The van der Waals surface area contributed by atoms with E-state index in [-0.39, 0.29) is 22.0 Å². The van der Waals surface area contributed by atoms with Gasteiger partial charge in [0.1, 0.15) is 17.1 Å². The summed E-state index contributed by atoms with van der Waals surface area (Å²) in [6.45, 7) is 6.80. The third-order valence-corrected chi connectivity index (χ3v) is 7.43. The summed E-state index contributed by atoms with van der Waals surface area (Å²) in [5.74, 6) is 12.5. The molecule has 5 rings (SSSR count). The number of nitrogens with one attached hydrogen (secondary N) is 1. The van der Waals surface area contributed by atoms with Gasteiger partial charge in [-0.2, -0.15) is 0 Å². The van der Waals surface area contributed by atoms with E-state index in [2.05, 4.69) is 54.1 Å². The number of aromatic nitrogens is 4. The number of alkyl halides is 2. The Bertz CT molecular complexity index is 1560. The van der Waals surface area contributed by atoms with Crippen LogP contribution in [0.15, 0.2) is 24.5 Å². The number of pyridine rings is 2. The number of amides is 1. The second-order valence-corrected chi connectivity index (χ2v) is 11.0. The lowest BCUT2D eigenvalue weighted by molar-refractivity contribution is 0.00739. The van der Waals surface area contributed by atoms with E-state index in [4.69, 9.17) is 9.47 Å². The molecule has 3 aromatic heterocycles. The molecule has 212 valence electrons. The molecule has 0 bridgehead atoms. The first-order chi connectivity index (χ1) is 19.7. The van der Waals surface area contributed by atoms with Gasteiger partial charge in [0.15, 0.2) is 5.01 Å². The molecule has 41 heavy (non-hydrogen) atoms. The van der Waals surface area contributed by atoms with Crippen molar-refractivity contribution in [2.24, 2.45) is 5.92 Å². The summed E-state index contributed by atoms with van der Waals surface area (Å²) in [7, 11) is 1.40. The molecule has 12 heteroatoms. The Hall–Kier alpha value is -3.97. The predicted molar refractivity (Wildman–Crippen MR) is 150 cm³/mol. The third-order valence-electron chi connectivity index (χ3n) is 6.67. The fourth-order valence-corrected chi connectivity index (χ4v) is 4.78. The number of methoxy groups -OCH3 is 1. The summed E-state index contributed by atoms with van der Waals surface area (Å²) in [4.78, 5) is 23.9. The molecule has 0 spiro atoms. The number of rotatable bonds is 6. The zero-order chi connectivity index (χ0) is 29.0. The second-order valence-electron chi connectivity index (χ2n) is 10.0. The minimum atomic E-state index is -2.82. The number of carbonyl (C=O) groups is 1. The summed E-state index contributed by atoms with van der Waals surface area (Å²) in [5.41, 5.74) is 0.140. The molecular formula is C29H28F2N6O3S. The van der Waals surface area contributed by atoms with Gasteiger partial charge >= 0.3 is 0 Å². The van der Waals surface area contributed by atoms with Crippen molar-refractivity contribution < 1.29 is 23.0 Å². The van der Waals surface area contributed by atoms with Gasteiger partial charge in [0, 0.05) is 36.3 Å². The lowest BCUT2D eigenvalue weighted by Gasteiger charge is -2.37. The molecule has 4 heterocycles. The molecule has 0 radical (unpaired) electrons. The smallest absolute Gasteiger partial charge is 0.280 e. The van der Waals surface area contributed by atoms with Crippen molar-refractivity contribution in [2.45, 2.75) is 38.7 Å². The van der Waals surface area contributed by atoms with Crippen molar-refractivity contribution in [3.63, 3.8) is 0 Å².